The lowest BCUT2D eigenvalue weighted by Gasteiger charge is -2.22. The second kappa shape index (κ2) is 9.25. The van der Waals surface area contributed by atoms with Gasteiger partial charge in [-0.1, -0.05) is 40.4 Å². The average Bonchev–Trinajstić information content (AvgIpc) is 3.48. The summed E-state index contributed by atoms with van der Waals surface area (Å²) in [7, 11) is -3.93. The highest BCUT2D eigenvalue weighted by Gasteiger charge is 2.42. The van der Waals surface area contributed by atoms with E-state index in [1.807, 2.05) is 0 Å². The molecule has 1 aromatic carbocycles. The molecule has 170 valence electrons. The van der Waals surface area contributed by atoms with Crippen LogP contribution in [-0.4, -0.2) is 46.6 Å². The molecule has 32 heavy (non-hydrogen) atoms. The Morgan fingerprint density at radius 2 is 2.06 bits per heavy atom. The second-order valence-corrected chi connectivity index (χ2v) is 11.2. The van der Waals surface area contributed by atoms with Crippen molar-refractivity contribution in [2.45, 2.75) is 47.7 Å². The molecule has 1 fully saturated rings. The second-order valence-electron chi connectivity index (χ2n) is 7.20. The highest BCUT2D eigenvalue weighted by Crippen LogP contribution is 2.32. The molecular weight excluding hydrogens is 477 g/mol. The van der Waals surface area contributed by atoms with Crippen molar-refractivity contribution in [1.29, 1.82) is 0 Å². The molecule has 2 aromatic heterocycles. The molecule has 0 radical (unpaired) electrons. The predicted octanol–water partition coefficient (Wildman–Crippen LogP) is 3.37. The first-order valence-electron chi connectivity index (χ1n) is 9.72. The molecule has 3 heterocycles. The fraction of sp³-hybridized carbons (Fsp3) is 0.368. The van der Waals surface area contributed by atoms with E-state index in [0.29, 0.717) is 22.9 Å². The lowest BCUT2D eigenvalue weighted by Crippen LogP contribution is -2.43. The zero-order valence-corrected chi connectivity index (χ0v) is 19.7. The van der Waals surface area contributed by atoms with E-state index in [4.69, 9.17) is 4.52 Å². The van der Waals surface area contributed by atoms with Gasteiger partial charge in [0, 0.05) is 12.3 Å². The van der Waals surface area contributed by atoms with Gasteiger partial charge >= 0.3 is 0 Å². The van der Waals surface area contributed by atoms with Crippen LogP contribution in [0.15, 0.2) is 38.0 Å². The van der Waals surface area contributed by atoms with Crippen LogP contribution in [0.4, 0.5) is 9.52 Å². The molecular formula is C19H20FN5O4S3. The maximum atomic E-state index is 13.1. The van der Waals surface area contributed by atoms with Crippen LogP contribution in [0.3, 0.4) is 0 Å². The molecule has 1 aliphatic rings. The lowest BCUT2D eigenvalue weighted by molar-refractivity contribution is -0.119. The Bertz CT molecular complexity index is 1210. The summed E-state index contributed by atoms with van der Waals surface area (Å²) in [6.07, 6.45) is 0.967. The van der Waals surface area contributed by atoms with Crippen molar-refractivity contribution in [3.63, 3.8) is 0 Å². The van der Waals surface area contributed by atoms with Crippen LogP contribution in [0.1, 0.15) is 29.9 Å². The van der Waals surface area contributed by atoms with Crippen molar-refractivity contribution in [3.05, 3.63) is 47.1 Å². The summed E-state index contributed by atoms with van der Waals surface area (Å²) in [6, 6.07) is 5.32. The Kier molecular flexibility index (Phi) is 6.60. The largest absolute Gasteiger partial charge is 0.360 e. The van der Waals surface area contributed by atoms with E-state index < -0.39 is 22.0 Å². The van der Waals surface area contributed by atoms with Gasteiger partial charge in [-0.3, -0.25) is 10.1 Å². The van der Waals surface area contributed by atoms with Gasteiger partial charge in [-0.25, -0.2) is 12.8 Å². The Balaban J connectivity index is 1.42. The number of anilines is 1. The number of aryl methyl sites for hydroxylation is 2. The SMILES string of the molecule is Cc1noc(C)c1S(=O)(=O)N1CCC[C@H]1C(=O)Nc1nnc(SCc2ccc(F)cc2)s1. The first kappa shape index (κ1) is 22.8. The Labute approximate surface area is 192 Å². The fourth-order valence-corrected chi connectivity index (χ4v) is 7.15. The monoisotopic (exact) mass is 497 g/mol. The van der Waals surface area contributed by atoms with E-state index in [1.165, 1.54) is 46.5 Å². The normalized spacial score (nSPS) is 17.0. The van der Waals surface area contributed by atoms with Gasteiger partial charge < -0.3 is 4.52 Å². The number of carbonyl (C=O) groups is 1. The Hall–Kier alpha value is -2.35. The zero-order valence-electron chi connectivity index (χ0n) is 17.2. The van der Waals surface area contributed by atoms with E-state index in [9.17, 15) is 17.6 Å². The number of carbonyl (C=O) groups excluding carboxylic acids is 1. The van der Waals surface area contributed by atoms with Gasteiger partial charge in [0.15, 0.2) is 10.1 Å². The van der Waals surface area contributed by atoms with Gasteiger partial charge in [0.1, 0.15) is 22.4 Å². The third-order valence-electron chi connectivity index (χ3n) is 4.95. The minimum atomic E-state index is -3.93. The molecule has 1 aliphatic heterocycles. The minimum Gasteiger partial charge on any atom is -0.360 e. The summed E-state index contributed by atoms with van der Waals surface area (Å²) in [6.45, 7) is 3.32. The van der Waals surface area contributed by atoms with Crippen LogP contribution in [0, 0.1) is 19.7 Å². The van der Waals surface area contributed by atoms with Crippen LogP contribution in [0.2, 0.25) is 0 Å². The molecule has 13 heteroatoms. The number of benzene rings is 1. The van der Waals surface area contributed by atoms with Crippen LogP contribution >= 0.6 is 23.1 Å². The van der Waals surface area contributed by atoms with E-state index in [0.717, 1.165) is 5.56 Å². The van der Waals surface area contributed by atoms with Crippen LogP contribution in [0.5, 0.6) is 0 Å². The van der Waals surface area contributed by atoms with Gasteiger partial charge in [0.05, 0.1) is 0 Å². The molecule has 3 aromatic rings. The molecule has 0 saturated carbocycles. The van der Waals surface area contributed by atoms with Gasteiger partial charge in [-0.05, 0) is 44.4 Å². The van der Waals surface area contributed by atoms with Gasteiger partial charge in [-0.15, -0.1) is 10.2 Å². The van der Waals surface area contributed by atoms with E-state index in [1.54, 1.807) is 19.1 Å². The smallest absolute Gasteiger partial charge is 0.249 e. The predicted molar refractivity (Wildman–Crippen MR) is 117 cm³/mol. The molecule has 1 N–H and O–H groups in total. The zero-order chi connectivity index (χ0) is 22.9. The van der Waals surface area contributed by atoms with E-state index in [-0.39, 0.29) is 33.8 Å². The first-order chi connectivity index (χ1) is 15.3. The number of rotatable bonds is 7. The van der Waals surface area contributed by atoms with Crippen molar-refractivity contribution in [2.75, 3.05) is 11.9 Å². The number of aromatic nitrogens is 3. The van der Waals surface area contributed by atoms with Crippen LogP contribution in [0.25, 0.3) is 0 Å². The van der Waals surface area contributed by atoms with Crippen LogP contribution < -0.4 is 5.32 Å². The number of sulfonamides is 1. The van der Waals surface area contributed by atoms with E-state index >= 15 is 0 Å². The highest BCUT2D eigenvalue weighted by atomic mass is 32.2. The topological polar surface area (TPSA) is 118 Å². The summed E-state index contributed by atoms with van der Waals surface area (Å²) in [5.41, 5.74) is 1.20. The molecule has 1 atom stereocenters. The number of hydrogen-bond donors (Lipinski definition) is 1. The number of amides is 1. The average molecular weight is 498 g/mol. The Morgan fingerprint density at radius 3 is 2.75 bits per heavy atom. The Morgan fingerprint density at radius 1 is 1.31 bits per heavy atom. The third kappa shape index (κ3) is 4.70. The van der Waals surface area contributed by atoms with Crippen molar-refractivity contribution in [3.8, 4) is 0 Å². The standard InChI is InChI=1S/C19H20FN5O4S3/c1-11-16(12(2)29-24-11)32(27,28)25-9-3-4-15(25)17(26)21-18-22-23-19(31-18)30-10-13-5-7-14(20)8-6-13/h5-8,15H,3-4,9-10H2,1-2H3,(H,21,22,26)/t15-/m0/s1. The highest BCUT2D eigenvalue weighted by molar-refractivity contribution is 8.00. The van der Waals surface area contributed by atoms with Crippen molar-refractivity contribution in [2.24, 2.45) is 0 Å². The maximum absolute atomic E-state index is 13.1. The van der Waals surface area contributed by atoms with Gasteiger partial charge in [0.25, 0.3) is 0 Å². The molecule has 0 bridgehead atoms. The maximum Gasteiger partial charge on any atom is 0.249 e. The van der Waals surface area contributed by atoms with Crippen molar-refractivity contribution < 1.29 is 22.1 Å². The quantitative estimate of drug-likeness (QED) is 0.390. The van der Waals surface area contributed by atoms with Crippen molar-refractivity contribution in [1.82, 2.24) is 19.7 Å². The first-order valence-corrected chi connectivity index (χ1v) is 13.0. The molecule has 9 nitrogen and oxygen atoms in total. The number of nitrogens with zero attached hydrogens (tertiary/aromatic N) is 4. The van der Waals surface area contributed by atoms with E-state index in [2.05, 4.69) is 20.7 Å². The molecule has 0 unspecified atom stereocenters. The number of hydrogen-bond acceptors (Lipinski definition) is 9. The lowest BCUT2D eigenvalue weighted by atomic mass is 10.2. The number of nitrogens with one attached hydrogen (secondary N) is 1. The van der Waals surface area contributed by atoms with Gasteiger partial charge in [0.2, 0.25) is 21.1 Å². The molecule has 4 rings (SSSR count). The summed E-state index contributed by atoms with van der Waals surface area (Å²) in [4.78, 5) is 12.9. The molecule has 1 saturated heterocycles. The fourth-order valence-electron chi connectivity index (χ4n) is 3.48. The third-order valence-corrected chi connectivity index (χ3v) is 9.15. The number of thioether (sulfide) groups is 1. The summed E-state index contributed by atoms with van der Waals surface area (Å²) < 4.78 is 46.1. The van der Waals surface area contributed by atoms with Crippen molar-refractivity contribution >= 4 is 44.2 Å². The summed E-state index contributed by atoms with van der Waals surface area (Å²) in [5, 5.41) is 14.7. The molecule has 0 spiro atoms. The molecule has 1 amide bonds. The van der Waals surface area contributed by atoms with Crippen LogP contribution in [-0.2, 0) is 20.6 Å². The molecule has 0 aliphatic carbocycles. The van der Waals surface area contributed by atoms with Gasteiger partial charge in [-0.2, -0.15) is 4.31 Å². The summed E-state index contributed by atoms with van der Waals surface area (Å²) in [5.74, 6) is 0.0242. The number of halogens is 1. The minimum absolute atomic E-state index is 0.00703. The summed E-state index contributed by atoms with van der Waals surface area (Å²) >= 11 is 2.61.